The summed E-state index contributed by atoms with van der Waals surface area (Å²) in [6.45, 7) is 5.82. The van der Waals surface area contributed by atoms with E-state index in [0.29, 0.717) is 0 Å². The van der Waals surface area contributed by atoms with Crippen LogP contribution in [0.5, 0.6) is 0 Å². The normalized spacial score (nSPS) is 10.0. The van der Waals surface area contributed by atoms with E-state index in [9.17, 15) is 0 Å². The van der Waals surface area contributed by atoms with Crippen molar-refractivity contribution in [3.63, 3.8) is 0 Å². The number of nitrogens with zero attached hydrogens (tertiary/aromatic N) is 2. The third-order valence-corrected chi connectivity index (χ3v) is 2.44. The van der Waals surface area contributed by atoms with Crippen LogP contribution < -0.4 is 0 Å². The van der Waals surface area contributed by atoms with Crippen molar-refractivity contribution in [2.75, 3.05) is 0 Å². The average molecular weight is 201 g/mol. The summed E-state index contributed by atoms with van der Waals surface area (Å²) in [5.41, 5.74) is 2.01. The van der Waals surface area contributed by atoms with Gasteiger partial charge in [0, 0.05) is 0 Å². The molecule has 0 atom stereocenters. The van der Waals surface area contributed by atoms with Crippen LogP contribution in [0.1, 0.15) is 17.2 Å². The fourth-order valence-corrected chi connectivity index (χ4v) is 1.05. The minimum atomic E-state index is 0.832. The molecule has 0 saturated carbocycles. The minimum absolute atomic E-state index is 0.832. The molecule has 0 fully saturated rings. The summed E-state index contributed by atoms with van der Waals surface area (Å²) in [5.74, 6) is 0.832. The highest BCUT2D eigenvalue weighted by Gasteiger charge is 2.00. The Morgan fingerprint density at radius 2 is 1.40 bits per heavy atom. The number of rotatable bonds is 0. The van der Waals surface area contributed by atoms with E-state index in [4.69, 9.17) is 0 Å². The first-order valence-electron chi connectivity index (χ1n) is 3.08. The summed E-state index contributed by atoms with van der Waals surface area (Å²) in [6, 6.07) is 0. The fourth-order valence-electron chi connectivity index (χ4n) is 0.870. The van der Waals surface area contributed by atoms with Crippen LogP contribution in [0.3, 0.4) is 0 Å². The third-order valence-electron chi connectivity index (χ3n) is 1.29. The number of halogens is 1. The predicted molar refractivity (Wildman–Crippen MR) is 43.9 cm³/mol. The standard InChI is InChI=1S/C7H9BrN2/c1-4-7(8)5(2)10-6(3)9-4/h1-3H3. The molecule has 1 heterocycles. The van der Waals surface area contributed by atoms with E-state index in [1.807, 2.05) is 20.8 Å². The SMILES string of the molecule is Cc1nc(C)c(Br)c(C)n1. The third kappa shape index (κ3) is 1.34. The van der Waals surface area contributed by atoms with Crippen molar-refractivity contribution in [3.05, 3.63) is 21.7 Å². The van der Waals surface area contributed by atoms with Gasteiger partial charge in [-0.1, -0.05) is 0 Å². The average Bonchev–Trinajstić information content (AvgIpc) is 1.82. The highest BCUT2D eigenvalue weighted by molar-refractivity contribution is 9.10. The van der Waals surface area contributed by atoms with Gasteiger partial charge < -0.3 is 0 Å². The molecular formula is C7H9BrN2. The van der Waals surface area contributed by atoms with Gasteiger partial charge in [0.25, 0.3) is 0 Å². The van der Waals surface area contributed by atoms with Gasteiger partial charge in [0.1, 0.15) is 5.82 Å². The minimum Gasteiger partial charge on any atom is -0.237 e. The maximum absolute atomic E-state index is 4.18. The van der Waals surface area contributed by atoms with E-state index < -0.39 is 0 Å². The van der Waals surface area contributed by atoms with Crippen LogP contribution in [0.4, 0.5) is 0 Å². The highest BCUT2D eigenvalue weighted by Crippen LogP contribution is 2.16. The van der Waals surface area contributed by atoms with E-state index in [-0.39, 0.29) is 0 Å². The van der Waals surface area contributed by atoms with Crippen LogP contribution in [-0.2, 0) is 0 Å². The summed E-state index contributed by atoms with van der Waals surface area (Å²) >= 11 is 3.39. The Balaban J connectivity index is 3.31. The van der Waals surface area contributed by atoms with E-state index in [2.05, 4.69) is 25.9 Å². The van der Waals surface area contributed by atoms with Gasteiger partial charge >= 0.3 is 0 Å². The fraction of sp³-hybridized carbons (Fsp3) is 0.429. The first-order valence-corrected chi connectivity index (χ1v) is 3.88. The van der Waals surface area contributed by atoms with Crippen molar-refractivity contribution in [2.45, 2.75) is 20.8 Å². The molecule has 3 heteroatoms. The molecule has 0 aliphatic rings. The summed E-state index contributed by atoms with van der Waals surface area (Å²) < 4.78 is 1.01. The smallest absolute Gasteiger partial charge is 0.125 e. The molecule has 0 spiro atoms. The van der Waals surface area contributed by atoms with E-state index in [0.717, 1.165) is 21.7 Å². The monoisotopic (exact) mass is 200 g/mol. The topological polar surface area (TPSA) is 25.8 Å². The molecule has 2 nitrogen and oxygen atoms in total. The van der Waals surface area contributed by atoms with Gasteiger partial charge in [-0.05, 0) is 36.7 Å². The largest absolute Gasteiger partial charge is 0.237 e. The molecule has 0 amide bonds. The molecule has 10 heavy (non-hydrogen) atoms. The molecule has 0 aliphatic heterocycles. The first kappa shape index (κ1) is 7.66. The van der Waals surface area contributed by atoms with Crippen molar-refractivity contribution in [1.29, 1.82) is 0 Å². The molecule has 0 saturated heterocycles. The molecule has 1 rings (SSSR count). The van der Waals surface area contributed by atoms with Crippen molar-refractivity contribution < 1.29 is 0 Å². The van der Waals surface area contributed by atoms with Crippen molar-refractivity contribution in [1.82, 2.24) is 9.97 Å². The summed E-state index contributed by atoms with van der Waals surface area (Å²) in [5, 5.41) is 0. The lowest BCUT2D eigenvalue weighted by Crippen LogP contribution is -1.95. The number of hydrogen-bond donors (Lipinski definition) is 0. The van der Waals surface area contributed by atoms with Gasteiger partial charge in [-0.15, -0.1) is 0 Å². The second-order valence-electron chi connectivity index (χ2n) is 2.26. The number of aromatic nitrogens is 2. The zero-order chi connectivity index (χ0) is 7.72. The summed E-state index contributed by atoms with van der Waals surface area (Å²) in [6.07, 6.45) is 0. The zero-order valence-corrected chi connectivity index (χ0v) is 7.86. The predicted octanol–water partition coefficient (Wildman–Crippen LogP) is 2.16. The van der Waals surface area contributed by atoms with Crippen LogP contribution in [0.25, 0.3) is 0 Å². The first-order chi connectivity index (χ1) is 4.61. The molecule has 1 aromatic heterocycles. The lowest BCUT2D eigenvalue weighted by atomic mass is 10.3. The van der Waals surface area contributed by atoms with Crippen LogP contribution in [0.2, 0.25) is 0 Å². The van der Waals surface area contributed by atoms with Crippen LogP contribution in [0, 0.1) is 20.8 Å². The zero-order valence-electron chi connectivity index (χ0n) is 6.27. The van der Waals surface area contributed by atoms with Crippen molar-refractivity contribution in [2.24, 2.45) is 0 Å². The molecule has 0 N–H and O–H groups in total. The second-order valence-corrected chi connectivity index (χ2v) is 3.05. The molecule has 0 unspecified atom stereocenters. The molecule has 0 aliphatic carbocycles. The van der Waals surface area contributed by atoms with Gasteiger partial charge in [0.2, 0.25) is 0 Å². The molecule has 0 aromatic carbocycles. The Labute approximate surface area is 68.8 Å². The Hall–Kier alpha value is -0.440. The highest BCUT2D eigenvalue weighted by atomic mass is 79.9. The lowest BCUT2D eigenvalue weighted by molar-refractivity contribution is 0.962. The van der Waals surface area contributed by atoms with E-state index in [1.54, 1.807) is 0 Å². The number of hydrogen-bond acceptors (Lipinski definition) is 2. The second kappa shape index (κ2) is 2.66. The molecular weight excluding hydrogens is 192 g/mol. The van der Waals surface area contributed by atoms with Gasteiger partial charge in [0.15, 0.2) is 0 Å². The van der Waals surface area contributed by atoms with E-state index >= 15 is 0 Å². The molecule has 54 valence electrons. The van der Waals surface area contributed by atoms with Gasteiger partial charge in [-0.25, -0.2) is 9.97 Å². The van der Waals surface area contributed by atoms with Crippen LogP contribution >= 0.6 is 15.9 Å². The van der Waals surface area contributed by atoms with Crippen molar-refractivity contribution in [3.8, 4) is 0 Å². The molecule has 0 bridgehead atoms. The van der Waals surface area contributed by atoms with E-state index in [1.165, 1.54) is 0 Å². The Kier molecular flexibility index (Phi) is 2.04. The Bertz CT molecular complexity index is 235. The van der Waals surface area contributed by atoms with Gasteiger partial charge in [-0.2, -0.15) is 0 Å². The van der Waals surface area contributed by atoms with Crippen molar-refractivity contribution >= 4 is 15.9 Å². The quantitative estimate of drug-likeness (QED) is 0.642. The van der Waals surface area contributed by atoms with Gasteiger partial charge in [0.05, 0.1) is 15.9 Å². The maximum Gasteiger partial charge on any atom is 0.125 e. The van der Waals surface area contributed by atoms with Crippen LogP contribution in [0.15, 0.2) is 4.47 Å². The molecule has 0 radical (unpaired) electrons. The maximum atomic E-state index is 4.18. The van der Waals surface area contributed by atoms with Gasteiger partial charge in [-0.3, -0.25) is 0 Å². The lowest BCUT2D eigenvalue weighted by Gasteiger charge is -2.00. The molecule has 1 aromatic rings. The summed E-state index contributed by atoms with van der Waals surface area (Å²) in [4.78, 5) is 8.35. The Morgan fingerprint density at radius 1 is 1.00 bits per heavy atom. The van der Waals surface area contributed by atoms with Crippen LogP contribution in [-0.4, -0.2) is 9.97 Å². The number of aryl methyl sites for hydroxylation is 3. The Morgan fingerprint density at radius 3 is 1.80 bits per heavy atom. The summed E-state index contributed by atoms with van der Waals surface area (Å²) in [7, 11) is 0.